The van der Waals surface area contributed by atoms with Crippen molar-refractivity contribution in [1.82, 2.24) is 0 Å². The molecule has 1 fully saturated rings. The lowest BCUT2D eigenvalue weighted by Gasteiger charge is -2.42. The fourth-order valence-electron chi connectivity index (χ4n) is 2.84. The molecule has 1 nitrogen and oxygen atoms in total. The van der Waals surface area contributed by atoms with E-state index in [-0.39, 0.29) is 11.5 Å². The van der Waals surface area contributed by atoms with E-state index in [1.165, 1.54) is 6.42 Å². The summed E-state index contributed by atoms with van der Waals surface area (Å²) in [7, 11) is 0. The number of aliphatic hydroxyl groups is 1. The fourth-order valence-corrected chi connectivity index (χ4v) is 2.84. The summed E-state index contributed by atoms with van der Waals surface area (Å²) in [5.41, 5.74) is 0.186. The van der Waals surface area contributed by atoms with Gasteiger partial charge in [-0.1, -0.05) is 27.2 Å². The SMILES string of the molecule is C#CCCC(C)(C)C1CCC(C)CC1O. The van der Waals surface area contributed by atoms with E-state index in [0.29, 0.717) is 11.8 Å². The first-order chi connectivity index (χ1) is 6.97. The summed E-state index contributed by atoms with van der Waals surface area (Å²) in [6.45, 7) is 6.72. The molecule has 0 aromatic heterocycles. The topological polar surface area (TPSA) is 20.2 Å². The van der Waals surface area contributed by atoms with Crippen molar-refractivity contribution < 1.29 is 5.11 Å². The van der Waals surface area contributed by atoms with Crippen molar-refractivity contribution in [2.45, 2.75) is 59.0 Å². The zero-order valence-corrected chi connectivity index (χ0v) is 10.3. The van der Waals surface area contributed by atoms with Crippen LogP contribution >= 0.6 is 0 Å². The van der Waals surface area contributed by atoms with E-state index in [9.17, 15) is 5.11 Å². The van der Waals surface area contributed by atoms with Crippen LogP contribution in [0.1, 0.15) is 52.9 Å². The summed E-state index contributed by atoms with van der Waals surface area (Å²) in [5, 5.41) is 10.1. The van der Waals surface area contributed by atoms with E-state index in [1.54, 1.807) is 0 Å². The lowest BCUT2D eigenvalue weighted by molar-refractivity contribution is -0.0153. The van der Waals surface area contributed by atoms with E-state index in [1.807, 2.05) is 0 Å². The highest BCUT2D eigenvalue weighted by Gasteiger charge is 2.37. The van der Waals surface area contributed by atoms with Crippen molar-refractivity contribution >= 4 is 0 Å². The smallest absolute Gasteiger partial charge is 0.0576 e. The quantitative estimate of drug-likeness (QED) is 0.706. The van der Waals surface area contributed by atoms with Crippen LogP contribution in [0.4, 0.5) is 0 Å². The minimum absolute atomic E-state index is 0.124. The van der Waals surface area contributed by atoms with Gasteiger partial charge in [-0.05, 0) is 36.5 Å². The van der Waals surface area contributed by atoms with Crippen LogP contribution in [0.2, 0.25) is 0 Å². The van der Waals surface area contributed by atoms with Gasteiger partial charge in [-0.25, -0.2) is 0 Å². The van der Waals surface area contributed by atoms with Crippen LogP contribution in [0, 0.1) is 29.6 Å². The van der Waals surface area contributed by atoms with Gasteiger partial charge >= 0.3 is 0 Å². The predicted molar refractivity (Wildman–Crippen MR) is 64.4 cm³/mol. The molecule has 0 bridgehead atoms. The first kappa shape index (κ1) is 12.6. The molecule has 0 saturated heterocycles. The van der Waals surface area contributed by atoms with Gasteiger partial charge in [0, 0.05) is 6.42 Å². The highest BCUT2D eigenvalue weighted by atomic mass is 16.3. The molecule has 1 saturated carbocycles. The average molecular weight is 208 g/mol. The molecule has 3 unspecified atom stereocenters. The van der Waals surface area contributed by atoms with Crippen LogP contribution < -0.4 is 0 Å². The number of terminal acetylenes is 1. The molecule has 0 aromatic rings. The highest BCUT2D eigenvalue weighted by molar-refractivity contribution is 4.92. The van der Waals surface area contributed by atoms with Gasteiger partial charge in [0.15, 0.2) is 0 Å². The van der Waals surface area contributed by atoms with Crippen molar-refractivity contribution in [3.63, 3.8) is 0 Å². The molecule has 1 heteroatoms. The number of hydrogen-bond acceptors (Lipinski definition) is 1. The molecule has 0 heterocycles. The Hall–Kier alpha value is -0.480. The van der Waals surface area contributed by atoms with Gasteiger partial charge in [-0.3, -0.25) is 0 Å². The van der Waals surface area contributed by atoms with Crippen molar-refractivity contribution in [1.29, 1.82) is 0 Å². The minimum Gasteiger partial charge on any atom is -0.393 e. The third-order valence-corrected chi connectivity index (χ3v) is 4.00. The summed E-state index contributed by atoms with van der Waals surface area (Å²) >= 11 is 0. The summed E-state index contributed by atoms with van der Waals surface area (Å²) < 4.78 is 0. The molecular weight excluding hydrogens is 184 g/mol. The maximum Gasteiger partial charge on any atom is 0.0576 e. The van der Waals surface area contributed by atoms with Crippen molar-refractivity contribution in [3.05, 3.63) is 0 Å². The third-order valence-electron chi connectivity index (χ3n) is 4.00. The summed E-state index contributed by atoms with van der Waals surface area (Å²) in [6, 6.07) is 0. The molecule has 1 N–H and O–H groups in total. The molecular formula is C14H24O. The minimum atomic E-state index is -0.124. The fraction of sp³-hybridized carbons (Fsp3) is 0.857. The van der Waals surface area contributed by atoms with Crippen LogP contribution in [0.5, 0.6) is 0 Å². The Morgan fingerprint density at radius 3 is 2.60 bits per heavy atom. The van der Waals surface area contributed by atoms with Gasteiger partial charge in [0.2, 0.25) is 0 Å². The number of aliphatic hydroxyl groups excluding tert-OH is 1. The monoisotopic (exact) mass is 208 g/mol. The maximum absolute atomic E-state index is 10.1. The molecule has 15 heavy (non-hydrogen) atoms. The molecule has 1 aliphatic rings. The second-order valence-electron chi connectivity index (χ2n) is 5.78. The number of hydrogen-bond donors (Lipinski definition) is 1. The molecule has 0 aliphatic heterocycles. The van der Waals surface area contributed by atoms with E-state index in [2.05, 4.69) is 26.7 Å². The molecule has 0 aromatic carbocycles. The zero-order chi connectivity index (χ0) is 11.5. The highest BCUT2D eigenvalue weighted by Crippen LogP contribution is 2.42. The Bertz CT molecular complexity index is 236. The third kappa shape index (κ3) is 3.24. The van der Waals surface area contributed by atoms with E-state index >= 15 is 0 Å². The van der Waals surface area contributed by atoms with Crippen LogP contribution in [-0.4, -0.2) is 11.2 Å². The zero-order valence-electron chi connectivity index (χ0n) is 10.3. The Morgan fingerprint density at radius 2 is 2.07 bits per heavy atom. The lowest BCUT2D eigenvalue weighted by Crippen LogP contribution is -2.38. The molecule has 86 valence electrons. The van der Waals surface area contributed by atoms with Gasteiger partial charge < -0.3 is 5.11 Å². The largest absolute Gasteiger partial charge is 0.393 e. The molecule has 1 aliphatic carbocycles. The van der Waals surface area contributed by atoms with Gasteiger partial charge in [0.05, 0.1) is 6.10 Å². The van der Waals surface area contributed by atoms with Gasteiger partial charge in [-0.15, -0.1) is 12.3 Å². The van der Waals surface area contributed by atoms with E-state index < -0.39 is 0 Å². The maximum atomic E-state index is 10.1. The molecule has 1 rings (SSSR count). The van der Waals surface area contributed by atoms with Crippen LogP contribution in [0.15, 0.2) is 0 Å². The summed E-state index contributed by atoms with van der Waals surface area (Å²) in [5.74, 6) is 3.82. The van der Waals surface area contributed by atoms with E-state index in [4.69, 9.17) is 6.42 Å². The van der Waals surface area contributed by atoms with Gasteiger partial charge in [0.1, 0.15) is 0 Å². The Labute approximate surface area is 94.3 Å². The van der Waals surface area contributed by atoms with E-state index in [0.717, 1.165) is 25.7 Å². The second kappa shape index (κ2) is 5.03. The van der Waals surface area contributed by atoms with Gasteiger partial charge in [0.25, 0.3) is 0 Å². The average Bonchev–Trinajstić information content (AvgIpc) is 2.14. The summed E-state index contributed by atoms with van der Waals surface area (Å²) in [4.78, 5) is 0. The predicted octanol–water partition coefficient (Wildman–Crippen LogP) is 3.22. The second-order valence-corrected chi connectivity index (χ2v) is 5.78. The molecule has 0 spiro atoms. The Morgan fingerprint density at radius 1 is 1.40 bits per heavy atom. The Balaban J connectivity index is 2.58. The van der Waals surface area contributed by atoms with Crippen LogP contribution in [0.25, 0.3) is 0 Å². The van der Waals surface area contributed by atoms with Crippen molar-refractivity contribution in [3.8, 4) is 12.3 Å². The van der Waals surface area contributed by atoms with Crippen molar-refractivity contribution in [2.24, 2.45) is 17.3 Å². The van der Waals surface area contributed by atoms with Crippen LogP contribution in [-0.2, 0) is 0 Å². The van der Waals surface area contributed by atoms with Crippen molar-refractivity contribution in [2.75, 3.05) is 0 Å². The standard InChI is InChI=1S/C14H24O/c1-5-6-9-14(3,4)12-8-7-11(2)10-13(12)15/h1,11-13,15H,6-10H2,2-4H3. The summed E-state index contributed by atoms with van der Waals surface area (Å²) in [6.07, 6.45) is 10.4. The Kier molecular flexibility index (Phi) is 4.22. The normalized spacial score (nSPS) is 32.3. The molecule has 0 radical (unpaired) electrons. The first-order valence-corrected chi connectivity index (χ1v) is 6.09. The lowest BCUT2D eigenvalue weighted by atomic mass is 9.66. The number of rotatable bonds is 3. The first-order valence-electron chi connectivity index (χ1n) is 6.09. The van der Waals surface area contributed by atoms with Crippen LogP contribution in [0.3, 0.4) is 0 Å². The van der Waals surface area contributed by atoms with Gasteiger partial charge in [-0.2, -0.15) is 0 Å². The molecule has 3 atom stereocenters. The molecule has 0 amide bonds.